The average Bonchev–Trinajstić information content (AvgIpc) is 3.22. The lowest BCUT2D eigenvalue weighted by Gasteiger charge is -2.36. The highest BCUT2D eigenvalue weighted by Gasteiger charge is 2.44. The van der Waals surface area contributed by atoms with Crippen molar-refractivity contribution >= 4 is 16.9 Å². The summed E-state index contributed by atoms with van der Waals surface area (Å²) < 4.78 is 50.6. The van der Waals surface area contributed by atoms with Gasteiger partial charge >= 0.3 is 6.18 Å². The number of primary amides is 1. The number of amides is 1. The van der Waals surface area contributed by atoms with Crippen LogP contribution in [0.15, 0.2) is 36.9 Å². The van der Waals surface area contributed by atoms with Gasteiger partial charge < -0.3 is 20.2 Å². The van der Waals surface area contributed by atoms with E-state index in [1.165, 1.54) is 6.20 Å². The van der Waals surface area contributed by atoms with Gasteiger partial charge in [0.1, 0.15) is 23.0 Å². The highest BCUT2D eigenvalue weighted by molar-refractivity contribution is 5.94. The summed E-state index contributed by atoms with van der Waals surface area (Å²) in [7, 11) is 0. The number of nitrogens with two attached hydrogens (primary N) is 1. The summed E-state index contributed by atoms with van der Waals surface area (Å²) in [6.45, 7) is 3.19. The summed E-state index contributed by atoms with van der Waals surface area (Å²) in [4.78, 5) is 24.3. The quantitative estimate of drug-likeness (QED) is 0.443. The summed E-state index contributed by atoms with van der Waals surface area (Å²) in [6.07, 6.45) is 3.42. The average molecular weight is 492 g/mol. The van der Waals surface area contributed by atoms with E-state index >= 15 is 0 Å². The Morgan fingerprint density at radius 3 is 2.66 bits per heavy atom. The Kier molecular flexibility index (Phi) is 7.00. The Hall–Kier alpha value is -3.18. The lowest BCUT2D eigenvalue weighted by atomic mass is 9.79. The van der Waals surface area contributed by atoms with Crippen LogP contribution in [-0.4, -0.2) is 52.9 Å². The minimum atomic E-state index is -4.52. The molecule has 1 amide bonds. The standard InChI is InChI=1S/C24H28F3N5O3/c1-14(2)24(22(28)33,32-13-23(25,26)27)16-7-15(9-29-10-16)20-12-31-21-19(20)8-18(11-30-21)35-17-3-5-34-6-4-17/h7-12,14,17,32H,3-6,13H2,1-2H3,(H2,28,33)(H,30,31)/t24-/m1/s1. The van der Waals surface area contributed by atoms with Crippen LogP contribution in [0, 0.1) is 5.92 Å². The molecule has 188 valence electrons. The SMILES string of the molecule is CC(C)[C@](NCC(F)(F)F)(C(N)=O)c1cncc(-c2c[nH]c3ncc(OC4CCOCC4)cc23)c1. The fraction of sp³-hybridized carbons (Fsp3) is 0.458. The smallest absolute Gasteiger partial charge is 0.401 e. The molecule has 1 saturated heterocycles. The van der Waals surface area contributed by atoms with Gasteiger partial charge in [0.05, 0.1) is 26.0 Å². The molecule has 11 heteroatoms. The van der Waals surface area contributed by atoms with Crippen LogP contribution in [0.25, 0.3) is 22.2 Å². The summed E-state index contributed by atoms with van der Waals surface area (Å²) in [6, 6.07) is 3.50. The number of aromatic nitrogens is 3. The molecule has 3 aromatic heterocycles. The third-order valence-electron chi connectivity index (χ3n) is 6.30. The normalized spacial score (nSPS) is 17.0. The lowest BCUT2D eigenvalue weighted by molar-refractivity contribution is -0.139. The highest BCUT2D eigenvalue weighted by atomic mass is 19.4. The molecule has 0 spiro atoms. The van der Waals surface area contributed by atoms with Gasteiger partial charge in [-0.1, -0.05) is 13.8 Å². The van der Waals surface area contributed by atoms with E-state index in [9.17, 15) is 18.0 Å². The number of halogens is 3. The van der Waals surface area contributed by atoms with Crippen molar-refractivity contribution < 1.29 is 27.4 Å². The maximum atomic E-state index is 13.1. The van der Waals surface area contributed by atoms with E-state index in [0.29, 0.717) is 30.2 Å². The molecule has 4 N–H and O–H groups in total. The van der Waals surface area contributed by atoms with E-state index in [0.717, 1.165) is 23.8 Å². The van der Waals surface area contributed by atoms with Crippen LogP contribution in [0.2, 0.25) is 0 Å². The second kappa shape index (κ2) is 9.82. The number of hydrogen-bond acceptors (Lipinski definition) is 6. The van der Waals surface area contributed by atoms with Crippen LogP contribution in [-0.2, 0) is 15.1 Å². The first-order valence-electron chi connectivity index (χ1n) is 11.4. The van der Waals surface area contributed by atoms with Crippen molar-refractivity contribution in [2.24, 2.45) is 11.7 Å². The molecule has 0 bridgehead atoms. The number of nitrogens with zero attached hydrogens (tertiary/aromatic N) is 2. The fourth-order valence-electron chi connectivity index (χ4n) is 4.47. The number of aromatic amines is 1. The van der Waals surface area contributed by atoms with E-state index in [-0.39, 0.29) is 11.7 Å². The molecule has 0 saturated carbocycles. The third-order valence-corrected chi connectivity index (χ3v) is 6.30. The number of hydrogen-bond donors (Lipinski definition) is 3. The minimum Gasteiger partial charge on any atom is -0.489 e. The first kappa shape index (κ1) is 24.9. The molecule has 0 aliphatic carbocycles. The Morgan fingerprint density at radius 1 is 1.26 bits per heavy atom. The zero-order valence-corrected chi connectivity index (χ0v) is 19.5. The Balaban J connectivity index is 1.72. The van der Waals surface area contributed by atoms with Gasteiger partial charge in [0.25, 0.3) is 0 Å². The van der Waals surface area contributed by atoms with Gasteiger partial charge in [-0.05, 0) is 18.1 Å². The number of rotatable bonds is 8. The Bertz CT molecular complexity index is 1190. The largest absolute Gasteiger partial charge is 0.489 e. The molecule has 3 aromatic rings. The van der Waals surface area contributed by atoms with Crippen LogP contribution in [0.3, 0.4) is 0 Å². The first-order valence-corrected chi connectivity index (χ1v) is 11.4. The summed E-state index contributed by atoms with van der Waals surface area (Å²) in [5, 5.41) is 3.12. The summed E-state index contributed by atoms with van der Waals surface area (Å²) in [5.41, 5.74) is 6.08. The molecule has 4 rings (SSSR count). The van der Waals surface area contributed by atoms with E-state index in [1.807, 2.05) is 6.07 Å². The number of pyridine rings is 2. The minimum absolute atomic E-state index is 0.0392. The van der Waals surface area contributed by atoms with Crippen molar-refractivity contribution in [3.63, 3.8) is 0 Å². The van der Waals surface area contributed by atoms with E-state index in [1.54, 1.807) is 38.5 Å². The second-order valence-corrected chi connectivity index (χ2v) is 8.96. The van der Waals surface area contributed by atoms with Crippen molar-refractivity contribution in [1.82, 2.24) is 20.3 Å². The zero-order valence-electron chi connectivity index (χ0n) is 19.5. The Morgan fingerprint density at radius 2 is 2.00 bits per heavy atom. The number of carbonyl (C=O) groups is 1. The first-order chi connectivity index (χ1) is 16.6. The van der Waals surface area contributed by atoms with E-state index in [4.69, 9.17) is 15.2 Å². The topological polar surface area (TPSA) is 115 Å². The highest BCUT2D eigenvalue weighted by Crippen LogP contribution is 2.35. The van der Waals surface area contributed by atoms with Crippen molar-refractivity contribution in [3.8, 4) is 16.9 Å². The molecular formula is C24H28F3N5O3. The number of ether oxygens (including phenoxy) is 2. The van der Waals surface area contributed by atoms with Crippen LogP contribution in [0.1, 0.15) is 32.3 Å². The fourth-order valence-corrected chi connectivity index (χ4v) is 4.47. The van der Waals surface area contributed by atoms with Crippen LogP contribution in [0.5, 0.6) is 5.75 Å². The molecule has 0 aromatic carbocycles. The van der Waals surface area contributed by atoms with Gasteiger partial charge in [-0.25, -0.2) is 4.98 Å². The van der Waals surface area contributed by atoms with Crippen LogP contribution in [0.4, 0.5) is 13.2 Å². The van der Waals surface area contributed by atoms with Gasteiger partial charge in [-0.2, -0.15) is 13.2 Å². The molecule has 35 heavy (non-hydrogen) atoms. The molecular weight excluding hydrogens is 463 g/mol. The number of fused-ring (bicyclic) bond motifs is 1. The summed E-state index contributed by atoms with van der Waals surface area (Å²) >= 11 is 0. The number of carbonyl (C=O) groups excluding carboxylic acids is 1. The van der Waals surface area contributed by atoms with Gasteiger partial charge in [-0.15, -0.1) is 0 Å². The summed E-state index contributed by atoms with van der Waals surface area (Å²) in [5.74, 6) is -0.887. The van der Waals surface area contributed by atoms with E-state index < -0.39 is 30.1 Å². The molecule has 8 nitrogen and oxygen atoms in total. The molecule has 0 unspecified atom stereocenters. The number of alkyl halides is 3. The van der Waals surface area contributed by atoms with E-state index in [2.05, 4.69) is 20.3 Å². The van der Waals surface area contributed by atoms with Crippen molar-refractivity contribution in [2.45, 2.75) is 44.5 Å². The zero-order chi connectivity index (χ0) is 25.2. The molecule has 1 fully saturated rings. The Labute approximate surface area is 200 Å². The molecule has 4 heterocycles. The maximum Gasteiger partial charge on any atom is 0.401 e. The molecule has 0 radical (unpaired) electrons. The lowest BCUT2D eigenvalue weighted by Crippen LogP contribution is -2.58. The van der Waals surface area contributed by atoms with Gasteiger partial charge in [0, 0.05) is 53.5 Å². The van der Waals surface area contributed by atoms with Crippen molar-refractivity contribution in [1.29, 1.82) is 0 Å². The molecule has 1 atom stereocenters. The molecule has 1 aliphatic rings. The van der Waals surface area contributed by atoms with Crippen LogP contribution < -0.4 is 15.8 Å². The number of nitrogens with one attached hydrogen (secondary N) is 2. The van der Waals surface area contributed by atoms with Crippen LogP contribution >= 0.6 is 0 Å². The van der Waals surface area contributed by atoms with Crippen molar-refractivity contribution in [3.05, 3.63) is 42.5 Å². The van der Waals surface area contributed by atoms with Gasteiger partial charge in [-0.3, -0.25) is 15.1 Å². The predicted molar refractivity (Wildman–Crippen MR) is 124 cm³/mol. The second-order valence-electron chi connectivity index (χ2n) is 8.96. The predicted octanol–water partition coefficient (Wildman–Crippen LogP) is 3.67. The van der Waals surface area contributed by atoms with Gasteiger partial charge in [0.2, 0.25) is 5.91 Å². The van der Waals surface area contributed by atoms with Gasteiger partial charge in [0.15, 0.2) is 0 Å². The number of H-pyrrole nitrogens is 1. The monoisotopic (exact) mass is 491 g/mol. The molecule has 1 aliphatic heterocycles. The maximum absolute atomic E-state index is 13.1. The van der Waals surface area contributed by atoms with Crippen molar-refractivity contribution in [2.75, 3.05) is 19.8 Å². The third kappa shape index (κ3) is 5.25.